The Morgan fingerprint density at radius 1 is 0.839 bits per heavy atom. The van der Waals surface area contributed by atoms with E-state index in [4.69, 9.17) is 34.8 Å². The molecule has 9 heteroatoms. The summed E-state index contributed by atoms with van der Waals surface area (Å²) in [6.45, 7) is 0.223. The van der Waals surface area contributed by atoms with Gasteiger partial charge in [0.25, 0.3) is 0 Å². The highest BCUT2D eigenvalue weighted by Crippen LogP contribution is 2.25. The zero-order valence-corrected chi connectivity index (χ0v) is 19.3. The summed E-state index contributed by atoms with van der Waals surface area (Å²) < 4.78 is 28.4. The van der Waals surface area contributed by atoms with E-state index in [2.05, 4.69) is 10.0 Å². The molecule has 0 saturated heterocycles. The smallest absolute Gasteiger partial charge is 0.242 e. The Labute approximate surface area is 196 Å². The molecule has 1 atom stereocenters. The van der Waals surface area contributed by atoms with Gasteiger partial charge in [0.1, 0.15) is 10.9 Å². The van der Waals surface area contributed by atoms with Crippen LogP contribution < -0.4 is 10.0 Å². The second-order valence-electron chi connectivity index (χ2n) is 6.78. The molecule has 2 N–H and O–H groups in total. The van der Waals surface area contributed by atoms with Crippen molar-refractivity contribution in [2.24, 2.45) is 0 Å². The van der Waals surface area contributed by atoms with E-state index in [0.29, 0.717) is 5.02 Å². The third-order valence-electron chi connectivity index (χ3n) is 4.46. The molecular weight excluding hydrogens is 479 g/mol. The number of sulfonamides is 1. The van der Waals surface area contributed by atoms with Gasteiger partial charge in [-0.25, -0.2) is 8.42 Å². The first-order chi connectivity index (χ1) is 14.7. The average molecular weight is 498 g/mol. The molecule has 5 nitrogen and oxygen atoms in total. The Morgan fingerprint density at radius 3 is 2.16 bits per heavy atom. The Bertz CT molecular complexity index is 1150. The summed E-state index contributed by atoms with van der Waals surface area (Å²) in [4.78, 5) is 12.7. The van der Waals surface area contributed by atoms with Crippen LogP contribution in [0.5, 0.6) is 0 Å². The first-order valence-electron chi connectivity index (χ1n) is 9.28. The number of benzene rings is 3. The fraction of sp³-hybridized carbons (Fsp3) is 0.136. The topological polar surface area (TPSA) is 75.3 Å². The highest BCUT2D eigenvalue weighted by atomic mass is 35.5. The number of carbonyl (C=O) groups excluding carboxylic acids is 1. The Balaban J connectivity index is 1.82. The zero-order chi connectivity index (χ0) is 22.4. The van der Waals surface area contributed by atoms with Crippen LogP contribution in [0.15, 0.2) is 77.7 Å². The minimum absolute atomic E-state index is 0.0110. The first kappa shape index (κ1) is 23.6. The standard InChI is InChI=1S/C22H19Cl3N2O3S/c23-17-8-6-16(7-9-17)14-26-22(28)20(12-15-4-2-1-3-5-15)27-31(29,30)21-13-18(24)10-11-19(21)25/h1-11,13,20,27H,12,14H2,(H,26,28)/t20-/m0/s1. The van der Waals surface area contributed by atoms with Crippen LogP contribution in [0.3, 0.4) is 0 Å². The molecule has 162 valence electrons. The predicted molar refractivity (Wildman–Crippen MR) is 124 cm³/mol. The molecule has 3 aromatic rings. The molecule has 3 rings (SSSR count). The fourth-order valence-electron chi connectivity index (χ4n) is 2.89. The summed E-state index contributed by atoms with van der Waals surface area (Å²) in [7, 11) is -4.11. The summed E-state index contributed by atoms with van der Waals surface area (Å²) in [5.74, 6) is -0.472. The van der Waals surface area contributed by atoms with E-state index in [-0.39, 0.29) is 27.9 Å². The summed E-state index contributed by atoms with van der Waals surface area (Å²) in [5, 5.41) is 3.59. The van der Waals surface area contributed by atoms with Gasteiger partial charge in [-0.15, -0.1) is 0 Å². The number of carbonyl (C=O) groups is 1. The summed E-state index contributed by atoms with van der Waals surface area (Å²) in [5.41, 5.74) is 1.63. The maximum absolute atomic E-state index is 13.0. The van der Waals surface area contributed by atoms with Crippen molar-refractivity contribution >= 4 is 50.7 Å². The monoisotopic (exact) mass is 496 g/mol. The molecule has 0 unspecified atom stereocenters. The zero-order valence-electron chi connectivity index (χ0n) is 16.2. The Kier molecular flexibility index (Phi) is 7.97. The van der Waals surface area contributed by atoms with Crippen LogP contribution in [-0.2, 0) is 27.8 Å². The number of hydrogen-bond acceptors (Lipinski definition) is 3. The van der Waals surface area contributed by atoms with Crippen molar-refractivity contribution in [3.8, 4) is 0 Å². The van der Waals surface area contributed by atoms with Gasteiger partial charge < -0.3 is 5.32 Å². The lowest BCUT2D eigenvalue weighted by Gasteiger charge is -2.19. The minimum atomic E-state index is -4.11. The SMILES string of the molecule is O=C(NCc1ccc(Cl)cc1)[C@H](Cc1ccccc1)NS(=O)(=O)c1cc(Cl)ccc1Cl. The maximum Gasteiger partial charge on any atom is 0.242 e. The molecule has 0 aliphatic rings. The van der Waals surface area contributed by atoms with Crippen LogP contribution in [0, 0.1) is 0 Å². The van der Waals surface area contributed by atoms with Crippen molar-refractivity contribution < 1.29 is 13.2 Å². The van der Waals surface area contributed by atoms with E-state index in [0.717, 1.165) is 11.1 Å². The molecule has 0 heterocycles. The molecule has 0 aliphatic carbocycles. The second kappa shape index (κ2) is 10.5. The van der Waals surface area contributed by atoms with Gasteiger partial charge in [-0.3, -0.25) is 4.79 Å². The van der Waals surface area contributed by atoms with Gasteiger partial charge in [-0.05, 0) is 47.9 Å². The number of rotatable bonds is 8. The van der Waals surface area contributed by atoms with Crippen molar-refractivity contribution in [2.45, 2.75) is 23.9 Å². The molecule has 0 spiro atoms. The largest absolute Gasteiger partial charge is 0.351 e. The van der Waals surface area contributed by atoms with E-state index >= 15 is 0 Å². The quantitative estimate of drug-likeness (QED) is 0.467. The highest BCUT2D eigenvalue weighted by molar-refractivity contribution is 7.89. The summed E-state index contributed by atoms with van der Waals surface area (Å²) >= 11 is 17.9. The second-order valence-corrected chi connectivity index (χ2v) is 9.75. The molecular formula is C22H19Cl3N2O3S. The van der Waals surface area contributed by atoms with Crippen LogP contribution in [0.2, 0.25) is 15.1 Å². The highest BCUT2D eigenvalue weighted by Gasteiger charge is 2.27. The summed E-state index contributed by atoms with van der Waals surface area (Å²) in [6.07, 6.45) is 0.157. The van der Waals surface area contributed by atoms with Gasteiger partial charge in [0.05, 0.1) is 5.02 Å². The normalized spacial score (nSPS) is 12.4. The molecule has 0 saturated carbocycles. The van der Waals surface area contributed by atoms with Crippen LogP contribution in [0.25, 0.3) is 0 Å². The lowest BCUT2D eigenvalue weighted by Crippen LogP contribution is -2.47. The molecule has 3 aromatic carbocycles. The van der Waals surface area contributed by atoms with E-state index in [1.165, 1.54) is 18.2 Å². The first-order valence-corrected chi connectivity index (χ1v) is 11.9. The van der Waals surface area contributed by atoms with Crippen molar-refractivity contribution in [2.75, 3.05) is 0 Å². The third-order valence-corrected chi connectivity index (χ3v) is 6.90. The third kappa shape index (κ3) is 6.69. The lowest BCUT2D eigenvalue weighted by atomic mass is 10.1. The number of nitrogens with one attached hydrogen (secondary N) is 2. The predicted octanol–water partition coefficient (Wildman–Crippen LogP) is 4.85. The molecule has 0 bridgehead atoms. The van der Waals surface area contributed by atoms with Gasteiger partial charge in [0.15, 0.2) is 0 Å². The Hall–Kier alpha value is -2.09. The van der Waals surface area contributed by atoms with Crippen molar-refractivity contribution in [1.82, 2.24) is 10.0 Å². The van der Waals surface area contributed by atoms with Gasteiger partial charge in [0, 0.05) is 16.6 Å². The Morgan fingerprint density at radius 2 is 1.48 bits per heavy atom. The van der Waals surface area contributed by atoms with Crippen LogP contribution >= 0.6 is 34.8 Å². The van der Waals surface area contributed by atoms with E-state index in [1.54, 1.807) is 24.3 Å². The fourth-order valence-corrected chi connectivity index (χ4v) is 4.97. The van der Waals surface area contributed by atoms with E-state index < -0.39 is 22.0 Å². The van der Waals surface area contributed by atoms with Gasteiger partial charge >= 0.3 is 0 Å². The molecule has 31 heavy (non-hydrogen) atoms. The molecule has 0 radical (unpaired) electrons. The van der Waals surface area contributed by atoms with Crippen LogP contribution in [0.4, 0.5) is 0 Å². The molecule has 1 amide bonds. The molecule has 0 aromatic heterocycles. The lowest BCUT2D eigenvalue weighted by molar-refractivity contribution is -0.122. The number of hydrogen-bond donors (Lipinski definition) is 2. The van der Waals surface area contributed by atoms with E-state index in [1.807, 2.05) is 30.3 Å². The van der Waals surface area contributed by atoms with Gasteiger partial charge in [-0.1, -0.05) is 77.3 Å². The van der Waals surface area contributed by atoms with Crippen molar-refractivity contribution in [3.63, 3.8) is 0 Å². The summed E-state index contributed by atoms with van der Waals surface area (Å²) in [6, 6.07) is 19.2. The van der Waals surface area contributed by atoms with Gasteiger partial charge in [0.2, 0.25) is 15.9 Å². The average Bonchev–Trinajstić information content (AvgIpc) is 2.75. The minimum Gasteiger partial charge on any atom is -0.351 e. The van der Waals surface area contributed by atoms with Gasteiger partial charge in [-0.2, -0.15) is 4.72 Å². The number of halogens is 3. The van der Waals surface area contributed by atoms with Crippen LogP contribution in [0.1, 0.15) is 11.1 Å². The number of amides is 1. The maximum atomic E-state index is 13.0. The van der Waals surface area contributed by atoms with E-state index in [9.17, 15) is 13.2 Å². The van der Waals surface area contributed by atoms with Crippen LogP contribution in [-0.4, -0.2) is 20.4 Å². The van der Waals surface area contributed by atoms with Crippen molar-refractivity contribution in [1.29, 1.82) is 0 Å². The molecule has 0 fully saturated rings. The molecule has 0 aliphatic heterocycles. The van der Waals surface area contributed by atoms with Crippen molar-refractivity contribution in [3.05, 3.63) is 99.0 Å².